The molecule has 0 fully saturated rings. The largest absolute Gasteiger partial charge is 0.492 e. The number of benzene rings is 2. The van der Waals surface area contributed by atoms with Crippen molar-refractivity contribution in [2.75, 3.05) is 6.61 Å². The highest BCUT2D eigenvalue weighted by Crippen LogP contribution is 2.33. The minimum absolute atomic E-state index is 0.0673. The molecule has 0 atom stereocenters. The van der Waals surface area contributed by atoms with E-state index in [1.54, 1.807) is 6.08 Å². The molecule has 1 aromatic heterocycles. The van der Waals surface area contributed by atoms with Crippen molar-refractivity contribution in [3.05, 3.63) is 71.9 Å². The molecule has 0 spiro atoms. The van der Waals surface area contributed by atoms with E-state index >= 15 is 0 Å². The molecule has 3 aromatic rings. The Morgan fingerprint density at radius 3 is 2.60 bits per heavy atom. The van der Waals surface area contributed by atoms with Crippen molar-refractivity contribution < 1.29 is 9.53 Å². The van der Waals surface area contributed by atoms with Crippen LogP contribution >= 0.6 is 11.8 Å². The first-order valence-corrected chi connectivity index (χ1v) is 12.7. The Balaban J connectivity index is 1.43. The third-order valence-corrected chi connectivity index (χ3v) is 7.34. The maximum atomic E-state index is 12.9. The van der Waals surface area contributed by atoms with Crippen LogP contribution in [0.3, 0.4) is 0 Å². The van der Waals surface area contributed by atoms with Gasteiger partial charge in [0.15, 0.2) is 5.84 Å². The summed E-state index contributed by atoms with van der Waals surface area (Å²) >= 11 is 1.40. The molecule has 0 bridgehead atoms. The molecule has 8 heteroatoms. The summed E-state index contributed by atoms with van der Waals surface area (Å²) in [7, 11) is 0. The first-order chi connectivity index (χ1) is 17.1. The molecule has 1 amide bonds. The molecule has 0 saturated heterocycles. The number of carbonyl (C=O) groups excluding carboxylic acids is 1. The molecule has 2 aliphatic heterocycles. The van der Waals surface area contributed by atoms with Crippen LogP contribution in [0.5, 0.6) is 5.75 Å². The highest BCUT2D eigenvalue weighted by molar-refractivity contribution is 8.27. The number of aromatic nitrogens is 1. The number of amidine groups is 2. The number of nitrogens with zero attached hydrogens (tertiary/aromatic N) is 4. The third-order valence-electron chi connectivity index (χ3n) is 6.27. The maximum Gasteiger partial charge on any atom is 0.283 e. The predicted molar refractivity (Wildman–Crippen MR) is 143 cm³/mol. The van der Waals surface area contributed by atoms with Gasteiger partial charge in [-0.2, -0.15) is 15.1 Å². The van der Waals surface area contributed by atoms with Gasteiger partial charge < -0.3 is 9.30 Å². The molecule has 5 rings (SSSR count). The van der Waals surface area contributed by atoms with Gasteiger partial charge in [-0.3, -0.25) is 10.2 Å². The zero-order chi connectivity index (χ0) is 24.4. The zero-order valence-electron chi connectivity index (χ0n) is 19.8. The van der Waals surface area contributed by atoms with Crippen LogP contribution in [0.1, 0.15) is 32.3 Å². The van der Waals surface area contributed by atoms with Crippen LogP contribution in [0.25, 0.3) is 17.0 Å². The molecule has 2 aliphatic rings. The fraction of sp³-hybridized carbons (Fsp3) is 0.259. The monoisotopic (exact) mass is 485 g/mol. The van der Waals surface area contributed by atoms with E-state index < -0.39 is 5.91 Å². The molecule has 178 valence electrons. The SMILES string of the molecule is CCC(CC)C1=NN2C(=N)/C(=C\c3cn(CCOc4ccccc4)c4ccccc34)C(=O)N=C2S1. The lowest BCUT2D eigenvalue weighted by Crippen LogP contribution is -2.35. The topological polar surface area (TPSA) is 83.0 Å². The van der Waals surface area contributed by atoms with Gasteiger partial charge in [0, 0.05) is 28.6 Å². The summed E-state index contributed by atoms with van der Waals surface area (Å²) in [5.74, 6) is 0.800. The number of nitrogens with one attached hydrogen (secondary N) is 1. The number of aliphatic imine (C=N–C) groups is 1. The number of carbonyl (C=O) groups is 1. The van der Waals surface area contributed by atoms with Crippen molar-refractivity contribution in [1.82, 2.24) is 9.58 Å². The fourth-order valence-electron chi connectivity index (χ4n) is 4.32. The van der Waals surface area contributed by atoms with E-state index in [9.17, 15) is 4.79 Å². The van der Waals surface area contributed by atoms with Gasteiger partial charge in [0.2, 0.25) is 5.17 Å². The Hall–Kier alpha value is -3.65. The van der Waals surface area contributed by atoms with E-state index in [1.807, 2.05) is 60.8 Å². The average molecular weight is 486 g/mol. The number of fused-ring (bicyclic) bond motifs is 2. The van der Waals surface area contributed by atoms with E-state index in [4.69, 9.17) is 10.1 Å². The second kappa shape index (κ2) is 9.92. The van der Waals surface area contributed by atoms with E-state index in [2.05, 4.69) is 28.5 Å². The van der Waals surface area contributed by atoms with E-state index in [-0.39, 0.29) is 11.4 Å². The summed E-state index contributed by atoms with van der Waals surface area (Å²) in [6, 6.07) is 17.8. The van der Waals surface area contributed by atoms with Gasteiger partial charge in [0.05, 0.1) is 12.1 Å². The lowest BCUT2D eigenvalue weighted by Gasteiger charge is -2.20. The molecular formula is C27H27N5O2S. The Bertz CT molecular complexity index is 1370. The highest BCUT2D eigenvalue weighted by atomic mass is 32.2. The summed E-state index contributed by atoms with van der Waals surface area (Å²) in [6.07, 6.45) is 5.68. The predicted octanol–water partition coefficient (Wildman–Crippen LogP) is 5.78. The summed E-state index contributed by atoms with van der Waals surface area (Å²) in [5, 5.41) is 17.3. The van der Waals surface area contributed by atoms with Crippen LogP contribution in [-0.4, -0.2) is 38.1 Å². The van der Waals surface area contributed by atoms with E-state index in [1.165, 1.54) is 16.8 Å². The molecule has 2 aromatic carbocycles. The van der Waals surface area contributed by atoms with E-state index in [0.29, 0.717) is 24.2 Å². The molecule has 0 radical (unpaired) electrons. The van der Waals surface area contributed by atoms with Crippen LogP contribution < -0.4 is 4.74 Å². The van der Waals surface area contributed by atoms with Crippen LogP contribution in [0.2, 0.25) is 0 Å². The zero-order valence-corrected chi connectivity index (χ0v) is 20.6. The van der Waals surface area contributed by atoms with Crippen LogP contribution in [-0.2, 0) is 11.3 Å². The van der Waals surface area contributed by atoms with Crippen molar-refractivity contribution in [3.63, 3.8) is 0 Å². The minimum Gasteiger partial charge on any atom is -0.492 e. The van der Waals surface area contributed by atoms with Gasteiger partial charge in [-0.25, -0.2) is 0 Å². The van der Waals surface area contributed by atoms with Crippen LogP contribution in [0.4, 0.5) is 0 Å². The Morgan fingerprint density at radius 1 is 1.09 bits per heavy atom. The first kappa shape index (κ1) is 23.1. The van der Waals surface area contributed by atoms with Crippen molar-refractivity contribution in [1.29, 1.82) is 5.41 Å². The van der Waals surface area contributed by atoms with Gasteiger partial charge >= 0.3 is 0 Å². The second-order valence-corrected chi connectivity index (χ2v) is 9.42. The lowest BCUT2D eigenvalue weighted by molar-refractivity contribution is -0.114. The van der Waals surface area contributed by atoms with Gasteiger partial charge in [-0.15, -0.1) is 0 Å². The first-order valence-electron chi connectivity index (χ1n) is 11.8. The van der Waals surface area contributed by atoms with Crippen LogP contribution in [0, 0.1) is 11.3 Å². The Kier molecular flexibility index (Phi) is 6.55. The molecule has 35 heavy (non-hydrogen) atoms. The maximum absolute atomic E-state index is 12.9. The van der Waals surface area contributed by atoms with Gasteiger partial charge in [0.1, 0.15) is 17.4 Å². The average Bonchev–Trinajstić information content (AvgIpc) is 3.45. The molecule has 0 unspecified atom stereocenters. The smallest absolute Gasteiger partial charge is 0.283 e. The number of hydrazone groups is 1. The van der Waals surface area contributed by atoms with Crippen molar-refractivity contribution in [3.8, 4) is 5.75 Å². The normalized spacial score (nSPS) is 16.8. The van der Waals surface area contributed by atoms with Crippen LogP contribution in [0.15, 0.2) is 76.5 Å². The summed E-state index contributed by atoms with van der Waals surface area (Å²) in [4.78, 5) is 17.2. The summed E-state index contributed by atoms with van der Waals surface area (Å²) < 4.78 is 8.00. The summed E-state index contributed by atoms with van der Waals surface area (Å²) in [6.45, 7) is 5.41. The molecular weight excluding hydrogens is 458 g/mol. The molecule has 7 nitrogen and oxygen atoms in total. The van der Waals surface area contributed by atoms with Crippen molar-refractivity contribution in [2.45, 2.75) is 33.2 Å². The number of amides is 1. The molecule has 0 saturated carbocycles. The lowest BCUT2D eigenvalue weighted by atomic mass is 10.1. The fourth-order valence-corrected chi connectivity index (χ4v) is 5.48. The van der Waals surface area contributed by atoms with Gasteiger partial charge in [-0.1, -0.05) is 50.2 Å². The number of thioether (sulfide) groups is 1. The van der Waals surface area contributed by atoms with Gasteiger partial charge in [-0.05, 0) is 48.9 Å². The summed E-state index contributed by atoms with van der Waals surface area (Å²) in [5.41, 5.74) is 2.15. The highest BCUT2D eigenvalue weighted by Gasteiger charge is 2.37. The molecule has 3 heterocycles. The number of ether oxygens (including phenoxy) is 1. The second-order valence-electron chi connectivity index (χ2n) is 8.43. The Morgan fingerprint density at radius 2 is 1.83 bits per heavy atom. The van der Waals surface area contributed by atoms with Gasteiger partial charge in [0.25, 0.3) is 5.91 Å². The quantitative estimate of drug-likeness (QED) is 0.410. The molecule has 1 N–H and O–H groups in total. The number of hydrogen-bond donors (Lipinski definition) is 1. The van der Waals surface area contributed by atoms with Crippen molar-refractivity contribution >= 4 is 50.7 Å². The standard InChI is InChI=1S/C27H27N5O2S/c1-3-18(4-2)26-30-32-24(28)22(25(33)29-27(32)35-26)16-19-17-31(23-13-9-8-12-21(19)23)14-15-34-20-10-6-5-7-11-20/h5-13,16-18,28H,3-4,14-15H2,1-2H3/b22-16+,28-24?. The number of para-hydroxylation sites is 2. The van der Waals surface area contributed by atoms with Crippen molar-refractivity contribution in [2.24, 2.45) is 16.0 Å². The minimum atomic E-state index is -0.404. The van der Waals surface area contributed by atoms with E-state index in [0.717, 1.165) is 40.1 Å². The molecule has 0 aliphatic carbocycles. The number of hydrogen-bond acceptors (Lipinski definition) is 5. The third kappa shape index (κ3) is 4.53. The number of rotatable bonds is 8. The Labute approximate surface area is 208 Å².